The number of carbonyl (C=O) groups excluding carboxylic acids is 1. The lowest BCUT2D eigenvalue weighted by molar-refractivity contribution is -0.138. The van der Waals surface area contributed by atoms with Crippen LogP contribution in [0, 0.1) is 13.8 Å². The van der Waals surface area contributed by atoms with Crippen molar-refractivity contribution in [2.45, 2.75) is 78.9 Å². The van der Waals surface area contributed by atoms with Gasteiger partial charge in [-0.1, -0.05) is 6.07 Å². The van der Waals surface area contributed by atoms with Gasteiger partial charge in [0.05, 0.1) is 20.8 Å². The minimum Gasteiger partial charge on any atom is -0.360 e. The van der Waals surface area contributed by atoms with Crippen LogP contribution in [0.4, 0.5) is 0 Å². The van der Waals surface area contributed by atoms with E-state index in [2.05, 4.69) is 18.2 Å². The second-order valence-corrected chi connectivity index (χ2v) is 12.3. The lowest BCUT2D eigenvalue weighted by atomic mass is 9.87. The van der Waals surface area contributed by atoms with Gasteiger partial charge in [-0.3, -0.25) is 4.79 Å². The van der Waals surface area contributed by atoms with Crippen molar-refractivity contribution in [2.24, 2.45) is 0 Å². The molecule has 6 heteroatoms. The second kappa shape index (κ2) is 8.26. The number of hydrogen-bond donors (Lipinski definition) is 0. The average Bonchev–Trinajstić information content (AvgIpc) is 3.28. The van der Waals surface area contributed by atoms with E-state index in [0.717, 1.165) is 50.6 Å². The summed E-state index contributed by atoms with van der Waals surface area (Å²) in [5.41, 5.74) is 5.93. The smallest absolute Gasteiger partial charge is 0.163 e. The molecule has 0 amide bonds. The number of hydrogen-bond acceptors (Lipinski definition) is 6. The lowest BCUT2D eigenvalue weighted by Crippen LogP contribution is -2.27. The molecule has 4 aromatic rings. The summed E-state index contributed by atoms with van der Waals surface area (Å²) < 4.78 is 7.57. The molecular formula is C27H30N2O2S2. The first-order valence-corrected chi connectivity index (χ1v) is 13.3. The highest BCUT2D eigenvalue weighted by Gasteiger charge is 2.32. The van der Waals surface area contributed by atoms with Crippen molar-refractivity contribution in [1.82, 2.24) is 9.97 Å². The standard InChI is InChI=1S/C27H30N2O2S2/c1-14-22(25(15(2)30)31-27(4,5)6)23(17-11-12-21-19(13-17)29-16(3)32-21)24-18-9-7-8-10-20(18)33-26(24)28-14/h11-13,25H,7-10H2,1-6H3. The van der Waals surface area contributed by atoms with E-state index < -0.39 is 11.7 Å². The Kier molecular flexibility index (Phi) is 5.66. The highest BCUT2D eigenvalue weighted by molar-refractivity contribution is 7.19. The average molecular weight is 479 g/mol. The first-order valence-electron chi connectivity index (χ1n) is 11.6. The number of thiazole rings is 1. The number of rotatable bonds is 4. The second-order valence-electron chi connectivity index (χ2n) is 10.0. The summed E-state index contributed by atoms with van der Waals surface area (Å²) in [5, 5.41) is 2.27. The van der Waals surface area contributed by atoms with E-state index in [1.165, 1.54) is 33.4 Å². The molecule has 3 aromatic heterocycles. The van der Waals surface area contributed by atoms with E-state index in [4.69, 9.17) is 14.7 Å². The zero-order valence-electron chi connectivity index (χ0n) is 20.2. The summed E-state index contributed by atoms with van der Waals surface area (Å²) in [6, 6.07) is 6.52. The molecule has 0 spiro atoms. The molecule has 0 radical (unpaired) electrons. The predicted molar refractivity (Wildman–Crippen MR) is 139 cm³/mol. The molecule has 1 atom stereocenters. The number of ether oxygens (including phenoxy) is 1. The number of fused-ring (bicyclic) bond motifs is 4. The number of Topliss-reactive ketones (excluding diaryl/α,β-unsaturated/α-hetero) is 1. The van der Waals surface area contributed by atoms with Gasteiger partial charge in [0.25, 0.3) is 0 Å². The fourth-order valence-electron chi connectivity index (χ4n) is 4.93. The number of thiophene rings is 1. The van der Waals surface area contributed by atoms with Crippen LogP contribution in [0.15, 0.2) is 18.2 Å². The van der Waals surface area contributed by atoms with Crippen molar-refractivity contribution in [1.29, 1.82) is 0 Å². The molecule has 33 heavy (non-hydrogen) atoms. The van der Waals surface area contributed by atoms with Gasteiger partial charge in [0.15, 0.2) is 5.78 Å². The van der Waals surface area contributed by atoms with E-state index in [0.29, 0.717) is 0 Å². The Morgan fingerprint density at radius 2 is 1.85 bits per heavy atom. The maximum Gasteiger partial charge on any atom is 0.163 e. The molecule has 0 N–H and O–H groups in total. The molecule has 0 saturated carbocycles. The van der Waals surface area contributed by atoms with Crippen molar-refractivity contribution in [3.63, 3.8) is 0 Å². The molecule has 1 aliphatic rings. The van der Waals surface area contributed by atoms with Crippen LogP contribution in [0.5, 0.6) is 0 Å². The van der Waals surface area contributed by atoms with Crippen LogP contribution in [0.2, 0.25) is 0 Å². The summed E-state index contributed by atoms with van der Waals surface area (Å²) >= 11 is 3.53. The van der Waals surface area contributed by atoms with Crippen LogP contribution >= 0.6 is 22.7 Å². The monoisotopic (exact) mass is 478 g/mol. The van der Waals surface area contributed by atoms with Gasteiger partial charge in [-0.2, -0.15) is 0 Å². The number of carbonyl (C=O) groups is 1. The van der Waals surface area contributed by atoms with Gasteiger partial charge in [0.2, 0.25) is 0 Å². The van der Waals surface area contributed by atoms with E-state index >= 15 is 0 Å². The van der Waals surface area contributed by atoms with Gasteiger partial charge < -0.3 is 4.74 Å². The maximum atomic E-state index is 13.0. The number of aromatic nitrogens is 2. The van der Waals surface area contributed by atoms with Gasteiger partial charge in [0, 0.05) is 27.1 Å². The largest absolute Gasteiger partial charge is 0.360 e. The summed E-state index contributed by atoms with van der Waals surface area (Å²) in [6.07, 6.45) is 3.94. The molecular weight excluding hydrogens is 448 g/mol. The van der Waals surface area contributed by atoms with E-state index in [-0.39, 0.29) is 5.78 Å². The van der Waals surface area contributed by atoms with Gasteiger partial charge in [0.1, 0.15) is 10.9 Å². The van der Waals surface area contributed by atoms with Gasteiger partial charge >= 0.3 is 0 Å². The van der Waals surface area contributed by atoms with Gasteiger partial charge in [-0.15, -0.1) is 22.7 Å². The Hall–Kier alpha value is -2.15. The molecule has 0 fully saturated rings. The van der Waals surface area contributed by atoms with E-state index in [1.54, 1.807) is 18.3 Å². The molecule has 0 saturated heterocycles. The third-order valence-corrected chi connectivity index (χ3v) is 8.35. The molecule has 4 nitrogen and oxygen atoms in total. The number of aryl methyl sites for hydroxylation is 4. The van der Waals surface area contributed by atoms with Crippen LogP contribution < -0.4 is 0 Å². The Balaban J connectivity index is 1.87. The number of nitrogens with zero attached hydrogens (tertiary/aromatic N) is 2. The highest BCUT2D eigenvalue weighted by Crippen LogP contribution is 2.46. The third-order valence-electron chi connectivity index (χ3n) is 6.22. The third kappa shape index (κ3) is 4.13. The zero-order chi connectivity index (χ0) is 23.5. The topological polar surface area (TPSA) is 52.1 Å². The first-order chi connectivity index (χ1) is 15.6. The van der Waals surface area contributed by atoms with E-state index in [9.17, 15) is 4.79 Å². The fourth-order valence-corrected chi connectivity index (χ4v) is 7.06. The molecule has 1 unspecified atom stereocenters. The van der Waals surface area contributed by atoms with Crippen LogP contribution in [0.3, 0.4) is 0 Å². The maximum absolute atomic E-state index is 13.0. The van der Waals surface area contributed by atoms with Crippen LogP contribution in [-0.2, 0) is 22.4 Å². The van der Waals surface area contributed by atoms with Gasteiger partial charge in [-0.25, -0.2) is 9.97 Å². The normalized spacial score (nSPS) is 15.2. The Morgan fingerprint density at radius 1 is 1.09 bits per heavy atom. The van der Waals surface area contributed by atoms with Crippen molar-refractivity contribution in [3.8, 4) is 11.1 Å². The number of ketones is 1. The molecule has 0 bridgehead atoms. The van der Waals surface area contributed by atoms with Crippen molar-refractivity contribution in [2.75, 3.05) is 0 Å². The molecule has 172 valence electrons. The van der Waals surface area contributed by atoms with Crippen molar-refractivity contribution in [3.05, 3.63) is 44.9 Å². The summed E-state index contributed by atoms with van der Waals surface area (Å²) in [7, 11) is 0. The summed E-state index contributed by atoms with van der Waals surface area (Å²) in [6.45, 7) is 11.7. The Bertz CT molecular complexity index is 1390. The van der Waals surface area contributed by atoms with E-state index in [1.807, 2.05) is 46.0 Å². The summed E-state index contributed by atoms with van der Waals surface area (Å²) in [4.78, 5) is 25.3. The summed E-state index contributed by atoms with van der Waals surface area (Å²) in [5.74, 6) is 0.00473. The molecule has 0 aliphatic heterocycles. The highest BCUT2D eigenvalue weighted by atomic mass is 32.1. The minimum atomic E-state index is -0.663. The number of pyridine rings is 1. The Labute approximate surface area is 203 Å². The van der Waals surface area contributed by atoms with Gasteiger partial charge in [-0.05, 0) is 90.5 Å². The SMILES string of the molecule is CC(=O)C(OC(C)(C)C)c1c(C)nc2sc3c(c2c1-c1ccc2sc(C)nc2c1)CCCC3. The van der Waals surface area contributed by atoms with Crippen LogP contribution in [0.1, 0.15) is 73.3 Å². The first kappa shape index (κ1) is 22.6. The fraction of sp³-hybridized carbons (Fsp3) is 0.444. The predicted octanol–water partition coefficient (Wildman–Crippen LogP) is 7.51. The molecule has 1 aromatic carbocycles. The molecule has 5 rings (SSSR count). The quantitative estimate of drug-likeness (QED) is 0.304. The molecule has 3 heterocycles. The number of benzene rings is 1. The zero-order valence-corrected chi connectivity index (χ0v) is 21.8. The molecule has 1 aliphatic carbocycles. The van der Waals surface area contributed by atoms with Crippen molar-refractivity contribution >= 4 is 48.9 Å². The van der Waals surface area contributed by atoms with Crippen LogP contribution in [0.25, 0.3) is 31.6 Å². The van der Waals surface area contributed by atoms with Crippen molar-refractivity contribution < 1.29 is 9.53 Å². The lowest BCUT2D eigenvalue weighted by Gasteiger charge is -2.29. The Morgan fingerprint density at radius 3 is 2.58 bits per heavy atom. The van der Waals surface area contributed by atoms with Crippen LogP contribution in [-0.4, -0.2) is 21.4 Å². The minimum absolute atomic E-state index is 0.00473.